The van der Waals surface area contributed by atoms with E-state index in [-0.39, 0.29) is 5.91 Å². The second-order valence-corrected chi connectivity index (χ2v) is 8.52. The van der Waals surface area contributed by atoms with Gasteiger partial charge in [-0.1, -0.05) is 24.1 Å². The Balaban J connectivity index is 1.41. The molecular weight excluding hydrogens is 340 g/mol. The maximum atomic E-state index is 12.6. The highest BCUT2D eigenvalue weighted by molar-refractivity contribution is 7.20. The molecule has 2 aromatic rings. The molecule has 2 unspecified atom stereocenters. The number of halogens is 1. The second-order valence-electron chi connectivity index (χ2n) is 7.00. The Morgan fingerprint density at radius 2 is 2.08 bits per heavy atom. The molecule has 0 radical (unpaired) electrons. The van der Waals surface area contributed by atoms with Crippen LogP contribution in [0.1, 0.15) is 41.8 Å². The first-order valence-electron chi connectivity index (χ1n) is 8.92. The first-order chi connectivity index (χ1) is 11.7. The van der Waals surface area contributed by atoms with Crippen LogP contribution in [0.15, 0.2) is 24.3 Å². The summed E-state index contributed by atoms with van der Waals surface area (Å²) in [7, 11) is 0. The molecule has 1 aromatic heterocycles. The molecule has 2 aliphatic rings. The summed E-state index contributed by atoms with van der Waals surface area (Å²) in [6.45, 7) is 3.29. The van der Waals surface area contributed by atoms with Gasteiger partial charge in [0, 0.05) is 22.3 Å². The molecule has 2 aliphatic heterocycles. The van der Waals surface area contributed by atoms with Gasteiger partial charge in [-0.2, -0.15) is 0 Å². The molecule has 0 saturated carbocycles. The number of piperidine rings is 2. The van der Waals surface area contributed by atoms with Crippen molar-refractivity contribution in [3.63, 3.8) is 0 Å². The Kier molecular flexibility index (Phi) is 4.79. The van der Waals surface area contributed by atoms with E-state index in [9.17, 15) is 4.79 Å². The number of hydrogen-bond donors (Lipinski definition) is 1. The van der Waals surface area contributed by atoms with Crippen LogP contribution in [-0.4, -0.2) is 36.5 Å². The number of nitrogens with zero attached hydrogens (tertiary/aromatic N) is 1. The van der Waals surface area contributed by atoms with E-state index in [0.717, 1.165) is 26.5 Å². The maximum absolute atomic E-state index is 12.6. The predicted molar refractivity (Wildman–Crippen MR) is 101 cm³/mol. The molecule has 2 atom stereocenters. The highest BCUT2D eigenvalue weighted by Gasteiger charge is 2.33. The molecule has 4 rings (SSSR count). The van der Waals surface area contributed by atoms with Crippen LogP contribution in [0.2, 0.25) is 5.02 Å². The normalized spacial score (nSPS) is 24.7. The van der Waals surface area contributed by atoms with Gasteiger partial charge in [0.15, 0.2) is 0 Å². The fourth-order valence-electron chi connectivity index (χ4n) is 4.24. The van der Waals surface area contributed by atoms with E-state index in [0.29, 0.717) is 12.0 Å². The van der Waals surface area contributed by atoms with Crippen LogP contribution >= 0.6 is 22.9 Å². The summed E-state index contributed by atoms with van der Waals surface area (Å²) < 4.78 is 1.07. The van der Waals surface area contributed by atoms with E-state index in [4.69, 9.17) is 11.6 Å². The van der Waals surface area contributed by atoms with Crippen molar-refractivity contribution < 1.29 is 4.79 Å². The van der Waals surface area contributed by atoms with Gasteiger partial charge in [-0.05, 0) is 68.3 Å². The number of rotatable bonds is 3. The van der Waals surface area contributed by atoms with Crippen LogP contribution in [0.4, 0.5) is 0 Å². The predicted octanol–water partition coefficient (Wildman–Crippen LogP) is 4.55. The SMILES string of the molecule is O=C(NCC1CCCN2CCCCC12)c1cc2ccc(Cl)cc2s1. The van der Waals surface area contributed by atoms with Crippen molar-refractivity contribution in [2.24, 2.45) is 5.92 Å². The first-order valence-corrected chi connectivity index (χ1v) is 10.1. The summed E-state index contributed by atoms with van der Waals surface area (Å²) >= 11 is 7.56. The van der Waals surface area contributed by atoms with Crippen molar-refractivity contribution >= 4 is 38.9 Å². The van der Waals surface area contributed by atoms with E-state index < -0.39 is 0 Å². The molecule has 2 saturated heterocycles. The molecule has 128 valence electrons. The van der Waals surface area contributed by atoms with Crippen molar-refractivity contribution in [2.45, 2.75) is 38.1 Å². The molecule has 5 heteroatoms. The van der Waals surface area contributed by atoms with E-state index >= 15 is 0 Å². The summed E-state index contributed by atoms with van der Waals surface area (Å²) in [4.78, 5) is 16.0. The first kappa shape index (κ1) is 16.4. The number of carbonyl (C=O) groups is 1. The van der Waals surface area contributed by atoms with Crippen molar-refractivity contribution in [3.8, 4) is 0 Å². The third-order valence-corrected chi connectivity index (χ3v) is 6.79. The Labute approximate surface area is 152 Å². The molecule has 2 fully saturated rings. The van der Waals surface area contributed by atoms with Crippen LogP contribution in [0.3, 0.4) is 0 Å². The minimum atomic E-state index is 0.0558. The van der Waals surface area contributed by atoms with Crippen molar-refractivity contribution in [3.05, 3.63) is 34.2 Å². The van der Waals surface area contributed by atoms with Gasteiger partial charge in [-0.3, -0.25) is 4.79 Å². The lowest BCUT2D eigenvalue weighted by molar-refractivity contribution is 0.0576. The molecule has 0 aliphatic carbocycles. The molecule has 3 heterocycles. The minimum Gasteiger partial charge on any atom is -0.351 e. The van der Waals surface area contributed by atoms with Gasteiger partial charge < -0.3 is 10.2 Å². The molecule has 24 heavy (non-hydrogen) atoms. The zero-order valence-electron chi connectivity index (χ0n) is 13.8. The lowest BCUT2D eigenvalue weighted by Gasteiger charge is -2.44. The third-order valence-electron chi connectivity index (χ3n) is 5.46. The van der Waals surface area contributed by atoms with Crippen LogP contribution in [0, 0.1) is 5.92 Å². The number of thiophene rings is 1. The van der Waals surface area contributed by atoms with Gasteiger partial charge in [0.1, 0.15) is 0 Å². The van der Waals surface area contributed by atoms with E-state index in [1.165, 1.54) is 56.5 Å². The summed E-state index contributed by atoms with van der Waals surface area (Å²) in [6, 6.07) is 8.43. The van der Waals surface area contributed by atoms with Crippen LogP contribution in [-0.2, 0) is 0 Å². The highest BCUT2D eigenvalue weighted by atomic mass is 35.5. The molecular formula is C19H23ClN2OS. The molecule has 3 nitrogen and oxygen atoms in total. The van der Waals surface area contributed by atoms with Crippen LogP contribution in [0.5, 0.6) is 0 Å². The molecule has 1 aromatic carbocycles. The van der Waals surface area contributed by atoms with Crippen LogP contribution < -0.4 is 5.32 Å². The average molecular weight is 363 g/mol. The minimum absolute atomic E-state index is 0.0558. The van der Waals surface area contributed by atoms with E-state index in [2.05, 4.69) is 10.2 Å². The van der Waals surface area contributed by atoms with E-state index in [1.54, 1.807) is 0 Å². The smallest absolute Gasteiger partial charge is 0.261 e. The zero-order valence-corrected chi connectivity index (χ0v) is 15.3. The van der Waals surface area contributed by atoms with Gasteiger partial charge >= 0.3 is 0 Å². The number of benzene rings is 1. The maximum Gasteiger partial charge on any atom is 0.261 e. The van der Waals surface area contributed by atoms with Gasteiger partial charge in [-0.25, -0.2) is 0 Å². The van der Waals surface area contributed by atoms with Crippen molar-refractivity contribution in [1.29, 1.82) is 0 Å². The lowest BCUT2D eigenvalue weighted by Crippen LogP contribution is -2.50. The monoisotopic (exact) mass is 362 g/mol. The quantitative estimate of drug-likeness (QED) is 0.868. The van der Waals surface area contributed by atoms with Crippen molar-refractivity contribution in [2.75, 3.05) is 19.6 Å². The summed E-state index contributed by atoms with van der Waals surface area (Å²) in [5, 5.41) is 5.00. The average Bonchev–Trinajstić information content (AvgIpc) is 3.03. The Bertz CT molecular complexity index is 742. The largest absolute Gasteiger partial charge is 0.351 e. The fourth-order valence-corrected chi connectivity index (χ4v) is 5.50. The zero-order chi connectivity index (χ0) is 16.5. The third kappa shape index (κ3) is 3.32. The lowest BCUT2D eigenvalue weighted by atomic mass is 9.83. The topological polar surface area (TPSA) is 32.3 Å². The molecule has 1 amide bonds. The highest BCUT2D eigenvalue weighted by Crippen LogP contribution is 2.31. The Morgan fingerprint density at radius 3 is 3.00 bits per heavy atom. The van der Waals surface area contributed by atoms with Gasteiger partial charge in [0.2, 0.25) is 0 Å². The standard InChI is InChI=1S/C19H23ClN2OS/c20-15-7-6-13-10-18(24-17(13)11-15)19(23)21-12-14-4-3-9-22-8-2-1-5-16(14)22/h6-7,10-11,14,16H,1-5,8-9,12H2,(H,21,23). The van der Waals surface area contributed by atoms with Crippen molar-refractivity contribution in [1.82, 2.24) is 10.2 Å². The number of nitrogens with one attached hydrogen (secondary N) is 1. The Morgan fingerprint density at radius 1 is 1.21 bits per heavy atom. The van der Waals surface area contributed by atoms with E-state index in [1.807, 2.05) is 24.3 Å². The fraction of sp³-hybridized carbons (Fsp3) is 0.526. The van der Waals surface area contributed by atoms with Gasteiger partial charge in [0.05, 0.1) is 4.88 Å². The molecule has 0 bridgehead atoms. The van der Waals surface area contributed by atoms with Gasteiger partial charge in [0.25, 0.3) is 5.91 Å². The van der Waals surface area contributed by atoms with Gasteiger partial charge in [-0.15, -0.1) is 11.3 Å². The molecule has 1 N–H and O–H groups in total. The number of fused-ring (bicyclic) bond motifs is 2. The summed E-state index contributed by atoms with van der Waals surface area (Å²) in [6.07, 6.45) is 6.46. The molecule has 0 spiro atoms. The second kappa shape index (κ2) is 7.03. The number of hydrogen-bond acceptors (Lipinski definition) is 3. The number of amides is 1. The Hall–Kier alpha value is -1.10. The summed E-state index contributed by atoms with van der Waals surface area (Å²) in [5.74, 6) is 0.659. The number of carbonyl (C=O) groups excluding carboxylic acids is 1. The summed E-state index contributed by atoms with van der Waals surface area (Å²) in [5.41, 5.74) is 0. The van der Waals surface area contributed by atoms with Crippen LogP contribution in [0.25, 0.3) is 10.1 Å².